The van der Waals surface area contributed by atoms with Gasteiger partial charge in [0.1, 0.15) is 0 Å². The van der Waals surface area contributed by atoms with E-state index in [0.717, 1.165) is 23.7 Å². The predicted octanol–water partition coefficient (Wildman–Crippen LogP) is 1.95. The maximum Gasteiger partial charge on any atom is 0.302 e. The summed E-state index contributed by atoms with van der Waals surface area (Å²) in [6, 6.07) is 7.38. The van der Waals surface area contributed by atoms with E-state index in [0.29, 0.717) is 12.4 Å². The zero-order valence-electron chi connectivity index (χ0n) is 11.0. The molecule has 0 unspecified atom stereocenters. The van der Waals surface area contributed by atoms with Gasteiger partial charge in [-0.05, 0) is 18.6 Å². The Morgan fingerprint density at radius 1 is 1.37 bits per heavy atom. The standard InChI is InChI=1S/C12H18N4O2S/c1-3-4-9-16(2)19(17,18)15-12-10-7-5-6-8-11(10)13-14-12/h5-8H,3-4,9H2,1-2H3,(H2,13,14,15). The highest BCUT2D eigenvalue weighted by molar-refractivity contribution is 7.90. The first kappa shape index (κ1) is 13.8. The molecule has 7 heteroatoms. The number of rotatable bonds is 6. The molecule has 0 aliphatic rings. The number of anilines is 1. The Kier molecular flexibility index (Phi) is 4.06. The number of para-hydroxylation sites is 1. The van der Waals surface area contributed by atoms with Crippen molar-refractivity contribution in [2.45, 2.75) is 19.8 Å². The lowest BCUT2D eigenvalue weighted by molar-refractivity contribution is 0.463. The van der Waals surface area contributed by atoms with Crippen LogP contribution in [-0.4, -0.2) is 36.5 Å². The van der Waals surface area contributed by atoms with Crippen molar-refractivity contribution < 1.29 is 8.42 Å². The van der Waals surface area contributed by atoms with Gasteiger partial charge in [0.25, 0.3) is 0 Å². The molecule has 0 aliphatic heterocycles. The van der Waals surface area contributed by atoms with E-state index in [1.165, 1.54) is 4.31 Å². The van der Waals surface area contributed by atoms with Gasteiger partial charge >= 0.3 is 10.2 Å². The number of hydrogen-bond donors (Lipinski definition) is 2. The smallest absolute Gasteiger partial charge is 0.276 e. The van der Waals surface area contributed by atoms with Crippen LogP contribution in [0.15, 0.2) is 24.3 Å². The molecule has 104 valence electrons. The van der Waals surface area contributed by atoms with E-state index >= 15 is 0 Å². The van der Waals surface area contributed by atoms with Crippen LogP contribution < -0.4 is 4.72 Å². The van der Waals surface area contributed by atoms with E-state index in [1.54, 1.807) is 7.05 Å². The first-order valence-corrected chi connectivity index (χ1v) is 7.66. The fourth-order valence-corrected chi connectivity index (χ4v) is 2.67. The Morgan fingerprint density at radius 2 is 2.11 bits per heavy atom. The highest BCUT2D eigenvalue weighted by Crippen LogP contribution is 2.21. The maximum atomic E-state index is 12.1. The molecule has 6 nitrogen and oxygen atoms in total. The van der Waals surface area contributed by atoms with Crippen molar-refractivity contribution >= 4 is 26.9 Å². The molecule has 0 aliphatic carbocycles. The predicted molar refractivity (Wildman–Crippen MR) is 76.2 cm³/mol. The van der Waals surface area contributed by atoms with Gasteiger partial charge in [-0.25, -0.2) is 0 Å². The molecule has 19 heavy (non-hydrogen) atoms. The second kappa shape index (κ2) is 5.58. The molecule has 0 spiro atoms. The van der Waals surface area contributed by atoms with Gasteiger partial charge in [0.15, 0.2) is 5.82 Å². The SMILES string of the molecule is CCCCN(C)S(=O)(=O)Nc1n[nH]c2ccccc12. The van der Waals surface area contributed by atoms with Gasteiger partial charge in [0.05, 0.1) is 5.52 Å². The van der Waals surface area contributed by atoms with Crippen molar-refractivity contribution in [3.63, 3.8) is 0 Å². The number of nitrogens with zero attached hydrogens (tertiary/aromatic N) is 2. The third-order valence-electron chi connectivity index (χ3n) is 2.93. The lowest BCUT2D eigenvalue weighted by Gasteiger charge is -2.16. The van der Waals surface area contributed by atoms with Crippen LogP contribution in [0.2, 0.25) is 0 Å². The summed E-state index contributed by atoms with van der Waals surface area (Å²) in [6.07, 6.45) is 1.78. The molecule has 1 aromatic heterocycles. The number of hydrogen-bond acceptors (Lipinski definition) is 3. The largest absolute Gasteiger partial charge is 0.302 e. The molecule has 0 saturated heterocycles. The first-order valence-electron chi connectivity index (χ1n) is 6.22. The Bertz CT molecular complexity index is 651. The van der Waals surface area contributed by atoms with Crippen LogP contribution >= 0.6 is 0 Å². The Morgan fingerprint density at radius 3 is 2.84 bits per heavy atom. The van der Waals surface area contributed by atoms with Crippen molar-refractivity contribution in [3.8, 4) is 0 Å². The minimum atomic E-state index is -3.55. The minimum Gasteiger partial charge on any atom is -0.276 e. The van der Waals surface area contributed by atoms with Crippen LogP contribution in [0.25, 0.3) is 10.9 Å². The summed E-state index contributed by atoms with van der Waals surface area (Å²) in [5, 5.41) is 7.56. The highest BCUT2D eigenvalue weighted by Gasteiger charge is 2.19. The number of benzene rings is 1. The number of aromatic nitrogens is 2. The summed E-state index contributed by atoms with van der Waals surface area (Å²) in [6.45, 7) is 2.52. The van der Waals surface area contributed by atoms with E-state index in [9.17, 15) is 8.42 Å². The molecule has 2 rings (SSSR count). The molecule has 0 fully saturated rings. The van der Waals surface area contributed by atoms with E-state index in [4.69, 9.17) is 0 Å². The summed E-state index contributed by atoms with van der Waals surface area (Å²) in [7, 11) is -1.98. The molecule has 0 amide bonds. The van der Waals surface area contributed by atoms with Crippen LogP contribution in [0.5, 0.6) is 0 Å². The van der Waals surface area contributed by atoms with Crippen LogP contribution in [0.4, 0.5) is 5.82 Å². The molecule has 0 bridgehead atoms. The molecule has 0 atom stereocenters. The summed E-state index contributed by atoms with van der Waals surface area (Å²) in [5.74, 6) is 0.332. The van der Waals surface area contributed by atoms with Crippen LogP contribution in [0.1, 0.15) is 19.8 Å². The van der Waals surface area contributed by atoms with Crippen LogP contribution in [-0.2, 0) is 10.2 Å². The maximum absolute atomic E-state index is 12.1. The van der Waals surface area contributed by atoms with Crippen LogP contribution in [0.3, 0.4) is 0 Å². The van der Waals surface area contributed by atoms with E-state index in [-0.39, 0.29) is 0 Å². The summed E-state index contributed by atoms with van der Waals surface area (Å²) in [4.78, 5) is 0. The lowest BCUT2D eigenvalue weighted by Crippen LogP contribution is -2.33. The van der Waals surface area contributed by atoms with Crippen molar-refractivity contribution in [3.05, 3.63) is 24.3 Å². The quantitative estimate of drug-likeness (QED) is 0.850. The van der Waals surface area contributed by atoms with Gasteiger partial charge in [-0.15, -0.1) is 0 Å². The average molecular weight is 282 g/mol. The number of unbranched alkanes of at least 4 members (excludes halogenated alkanes) is 1. The fourth-order valence-electron chi connectivity index (χ4n) is 1.74. The second-order valence-corrected chi connectivity index (χ2v) is 6.18. The van der Waals surface area contributed by atoms with Gasteiger partial charge in [-0.3, -0.25) is 9.82 Å². The summed E-state index contributed by atoms with van der Waals surface area (Å²) in [5.41, 5.74) is 0.802. The molecule has 2 aromatic rings. The van der Waals surface area contributed by atoms with Gasteiger partial charge in [0.2, 0.25) is 0 Å². The van der Waals surface area contributed by atoms with Crippen molar-refractivity contribution in [1.29, 1.82) is 0 Å². The zero-order valence-corrected chi connectivity index (χ0v) is 11.9. The number of H-pyrrole nitrogens is 1. The number of nitrogens with one attached hydrogen (secondary N) is 2. The molecular weight excluding hydrogens is 264 g/mol. The Balaban J connectivity index is 2.20. The third kappa shape index (κ3) is 3.05. The lowest BCUT2D eigenvalue weighted by atomic mass is 10.2. The molecule has 1 aromatic carbocycles. The highest BCUT2D eigenvalue weighted by atomic mass is 32.2. The summed E-state index contributed by atoms with van der Waals surface area (Å²) >= 11 is 0. The molecule has 2 N–H and O–H groups in total. The topological polar surface area (TPSA) is 78.1 Å². The molecule has 0 radical (unpaired) electrons. The zero-order chi connectivity index (χ0) is 13.9. The minimum absolute atomic E-state index is 0.332. The summed E-state index contributed by atoms with van der Waals surface area (Å²) < 4.78 is 28.0. The molecular formula is C12H18N4O2S. The monoisotopic (exact) mass is 282 g/mol. The number of fused-ring (bicyclic) bond motifs is 1. The second-order valence-electron chi connectivity index (χ2n) is 4.40. The Hall–Kier alpha value is -1.60. The van der Waals surface area contributed by atoms with E-state index in [2.05, 4.69) is 14.9 Å². The van der Waals surface area contributed by atoms with E-state index in [1.807, 2.05) is 31.2 Å². The average Bonchev–Trinajstić information content (AvgIpc) is 2.79. The normalized spacial score (nSPS) is 12.2. The third-order valence-corrected chi connectivity index (χ3v) is 4.39. The van der Waals surface area contributed by atoms with Gasteiger partial charge in [0, 0.05) is 19.0 Å². The van der Waals surface area contributed by atoms with E-state index < -0.39 is 10.2 Å². The number of aromatic amines is 1. The fraction of sp³-hybridized carbons (Fsp3) is 0.417. The van der Waals surface area contributed by atoms with Crippen molar-refractivity contribution in [2.75, 3.05) is 18.3 Å². The van der Waals surface area contributed by atoms with Crippen LogP contribution in [0, 0.1) is 0 Å². The molecule has 0 saturated carbocycles. The Labute approximate surface area is 113 Å². The molecule has 1 heterocycles. The van der Waals surface area contributed by atoms with Crippen molar-refractivity contribution in [1.82, 2.24) is 14.5 Å². The van der Waals surface area contributed by atoms with Gasteiger partial charge < -0.3 is 0 Å². The van der Waals surface area contributed by atoms with Crippen molar-refractivity contribution in [2.24, 2.45) is 0 Å². The van der Waals surface area contributed by atoms with Gasteiger partial charge in [-0.2, -0.15) is 17.8 Å². The van der Waals surface area contributed by atoms with Gasteiger partial charge in [-0.1, -0.05) is 25.5 Å². The first-order chi connectivity index (χ1) is 9.04.